The molecular weight excluding hydrogens is 766 g/mol. The fourth-order valence-electron chi connectivity index (χ4n) is 6.46. The van der Waals surface area contributed by atoms with Crippen LogP contribution in [0.15, 0.2) is 42.7 Å². The Kier molecular flexibility index (Phi) is 16.4. The first-order chi connectivity index (χ1) is 28.3. The van der Waals surface area contributed by atoms with Gasteiger partial charge in [0.2, 0.25) is 5.91 Å². The fraction of sp³-hybridized carbons (Fsp3) is 0.585. The highest BCUT2D eigenvalue weighted by molar-refractivity contribution is 5.95. The Balaban J connectivity index is 1.03. The molecule has 0 bridgehead atoms. The predicted molar refractivity (Wildman–Crippen MR) is 216 cm³/mol. The number of halogens is 1. The lowest BCUT2D eigenvalue weighted by molar-refractivity contribution is -0.122. The number of benzene rings is 1. The van der Waals surface area contributed by atoms with E-state index in [0.717, 1.165) is 24.2 Å². The number of carbonyl (C=O) groups excluding carboxylic acids is 3. The summed E-state index contributed by atoms with van der Waals surface area (Å²) in [6.07, 6.45) is 4.06. The summed E-state index contributed by atoms with van der Waals surface area (Å²) < 4.78 is 43.8. The van der Waals surface area contributed by atoms with Crippen LogP contribution in [0.5, 0.6) is 0 Å². The van der Waals surface area contributed by atoms with Crippen LogP contribution < -0.4 is 5.32 Å². The topological polar surface area (TPSA) is 177 Å². The molecule has 1 N–H and O–H groups in total. The third-order valence-corrected chi connectivity index (χ3v) is 9.50. The van der Waals surface area contributed by atoms with Crippen LogP contribution in [-0.4, -0.2) is 155 Å². The van der Waals surface area contributed by atoms with Crippen LogP contribution in [0.1, 0.15) is 74.5 Å². The van der Waals surface area contributed by atoms with E-state index in [1.807, 2.05) is 19.9 Å². The zero-order valence-corrected chi connectivity index (χ0v) is 35.1. The van der Waals surface area contributed by atoms with Crippen LogP contribution in [0, 0.1) is 5.82 Å². The molecule has 0 saturated carbocycles. The smallest absolute Gasteiger partial charge is 0.276 e. The number of nitrogens with one attached hydrogen (secondary N) is 1. The zero-order valence-electron chi connectivity index (χ0n) is 35.1. The molecule has 1 aromatic carbocycles. The molecule has 0 aliphatic carbocycles. The van der Waals surface area contributed by atoms with Crippen molar-refractivity contribution in [2.45, 2.75) is 65.5 Å². The number of piperazine rings is 1. The molecule has 0 atom stereocenters. The number of imidazole rings is 1. The lowest BCUT2D eigenvalue weighted by atomic mass is 9.87. The molecule has 3 aromatic heterocycles. The molecule has 4 heterocycles. The first kappa shape index (κ1) is 45.2. The highest BCUT2D eigenvalue weighted by Gasteiger charge is 2.40. The molecule has 0 spiro atoms. The summed E-state index contributed by atoms with van der Waals surface area (Å²) in [6, 6.07) is 8.05. The average Bonchev–Trinajstić information content (AvgIpc) is 3.85. The molecule has 4 aromatic rings. The largest absolute Gasteiger partial charge is 0.379 e. The molecule has 1 fully saturated rings. The van der Waals surface area contributed by atoms with Crippen LogP contribution in [0.4, 0.5) is 4.39 Å². The van der Waals surface area contributed by atoms with Gasteiger partial charge in [-0.2, -0.15) is 5.10 Å². The Hall–Kier alpha value is -4.88. The lowest BCUT2D eigenvalue weighted by Gasteiger charge is -2.46. The Bertz CT molecular complexity index is 1980. The Morgan fingerprint density at radius 2 is 1.42 bits per heavy atom. The molecule has 59 heavy (non-hydrogen) atoms. The number of hydrogen-bond acceptors (Lipinski definition) is 12. The van der Waals surface area contributed by atoms with Gasteiger partial charge in [0.1, 0.15) is 18.1 Å². The first-order valence-corrected chi connectivity index (χ1v) is 20.1. The molecular formula is C41H58FN9O8. The molecule has 5 rings (SSSR count). The van der Waals surface area contributed by atoms with Crippen molar-refractivity contribution in [3.63, 3.8) is 0 Å². The fourth-order valence-corrected chi connectivity index (χ4v) is 6.46. The van der Waals surface area contributed by atoms with E-state index in [4.69, 9.17) is 33.8 Å². The Morgan fingerprint density at radius 3 is 2.02 bits per heavy atom. The number of amides is 3. The first-order valence-electron chi connectivity index (χ1n) is 20.1. The average molecular weight is 824 g/mol. The van der Waals surface area contributed by atoms with E-state index in [9.17, 15) is 18.8 Å². The monoisotopic (exact) mass is 823 g/mol. The highest BCUT2D eigenvalue weighted by Crippen LogP contribution is 2.31. The number of nitrogens with zero attached hydrogens (tertiary/aromatic N) is 8. The summed E-state index contributed by atoms with van der Waals surface area (Å²) in [7, 11) is 0. The van der Waals surface area contributed by atoms with Crippen molar-refractivity contribution in [2.75, 3.05) is 92.2 Å². The van der Waals surface area contributed by atoms with Gasteiger partial charge in [-0.1, -0.05) is 32.9 Å². The molecule has 17 nitrogen and oxygen atoms in total. The quantitative estimate of drug-likeness (QED) is 0.115. The second-order valence-electron chi connectivity index (χ2n) is 15.8. The van der Waals surface area contributed by atoms with Crippen LogP contribution in [0.2, 0.25) is 0 Å². The molecule has 1 aliphatic rings. The van der Waals surface area contributed by atoms with E-state index in [1.165, 1.54) is 23.0 Å². The van der Waals surface area contributed by atoms with E-state index in [2.05, 4.69) is 43.3 Å². The van der Waals surface area contributed by atoms with Crippen molar-refractivity contribution in [3.8, 4) is 11.3 Å². The van der Waals surface area contributed by atoms with E-state index >= 15 is 0 Å². The summed E-state index contributed by atoms with van der Waals surface area (Å²) >= 11 is 0. The summed E-state index contributed by atoms with van der Waals surface area (Å²) in [6.45, 7) is 17.9. The van der Waals surface area contributed by atoms with Gasteiger partial charge in [-0.25, -0.2) is 18.6 Å². The van der Waals surface area contributed by atoms with Crippen molar-refractivity contribution in [1.29, 1.82) is 0 Å². The Morgan fingerprint density at radius 1 is 0.814 bits per heavy atom. The number of ether oxygens (including phenoxy) is 5. The highest BCUT2D eigenvalue weighted by atomic mass is 19.1. The second kappa shape index (κ2) is 21.4. The molecule has 1 aliphatic heterocycles. The van der Waals surface area contributed by atoms with E-state index in [1.54, 1.807) is 32.6 Å². The van der Waals surface area contributed by atoms with Crippen LogP contribution in [0.3, 0.4) is 0 Å². The summed E-state index contributed by atoms with van der Waals surface area (Å²) in [5.41, 5.74) is 2.07. The third kappa shape index (κ3) is 13.1. The number of hydrogen-bond donors (Lipinski definition) is 1. The molecule has 0 unspecified atom stereocenters. The predicted octanol–water partition coefficient (Wildman–Crippen LogP) is 3.41. The third-order valence-electron chi connectivity index (χ3n) is 9.50. The SMILES string of the molecule is CCCOCCOCCOCCOCCOCCNC(=O)Cn1cc(C(=O)N2CCN(C(=O)c3cn4nc(-c5ccc(F)cc5)cc(C(C)(C)C)c4n3)C(C)(C)C2)nn1. The number of rotatable bonds is 22. The van der Waals surface area contributed by atoms with Crippen molar-refractivity contribution in [1.82, 2.24) is 44.7 Å². The Labute approximate surface area is 344 Å². The van der Waals surface area contributed by atoms with Crippen molar-refractivity contribution < 1.29 is 42.5 Å². The van der Waals surface area contributed by atoms with Gasteiger partial charge in [-0.3, -0.25) is 14.4 Å². The maximum absolute atomic E-state index is 14.0. The van der Waals surface area contributed by atoms with Crippen molar-refractivity contribution in [3.05, 3.63) is 65.5 Å². The van der Waals surface area contributed by atoms with Crippen molar-refractivity contribution in [2.24, 2.45) is 0 Å². The molecule has 0 radical (unpaired) electrons. The second-order valence-corrected chi connectivity index (χ2v) is 15.8. The minimum Gasteiger partial charge on any atom is -0.379 e. The number of aromatic nitrogens is 6. The van der Waals surface area contributed by atoms with Crippen molar-refractivity contribution >= 4 is 23.4 Å². The summed E-state index contributed by atoms with van der Waals surface area (Å²) in [5, 5.41) is 15.5. The van der Waals surface area contributed by atoms with E-state index < -0.39 is 5.54 Å². The molecule has 3 amide bonds. The maximum atomic E-state index is 14.0. The normalized spacial score (nSPS) is 14.3. The van der Waals surface area contributed by atoms with Gasteiger partial charge in [0, 0.05) is 43.9 Å². The van der Waals surface area contributed by atoms with Gasteiger partial charge in [-0.05, 0) is 56.0 Å². The number of fused-ring (bicyclic) bond motifs is 1. The summed E-state index contributed by atoms with van der Waals surface area (Å²) in [5.74, 6) is -1.28. The van der Waals surface area contributed by atoms with Gasteiger partial charge in [-0.15, -0.1) is 5.10 Å². The van der Waals surface area contributed by atoms with Gasteiger partial charge in [0.05, 0.1) is 83.1 Å². The zero-order chi connectivity index (χ0) is 42.4. The van der Waals surface area contributed by atoms with E-state index in [0.29, 0.717) is 77.3 Å². The summed E-state index contributed by atoms with van der Waals surface area (Å²) in [4.78, 5) is 48.1. The standard InChI is InChI=1S/C41H58FN9O8/c1-7-15-55-17-19-57-21-23-59-24-22-58-20-18-56-16-12-43-36(52)28-49-26-35(45-47-49)38(53)48-13-14-50(41(5,6)29-48)39(54)34-27-51-37(44-34)32(40(2,3)4)25-33(46-51)30-8-10-31(42)11-9-30/h8-11,25-27H,7,12-24,28-29H2,1-6H3,(H,43,52). The lowest BCUT2D eigenvalue weighted by Crippen LogP contribution is -2.62. The van der Waals surface area contributed by atoms with Gasteiger partial charge < -0.3 is 38.8 Å². The molecule has 18 heteroatoms. The van der Waals surface area contributed by atoms with Crippen LogP contribution in [-0.2, 0) is 40.4 Å². The minimum atomic E-state index is -0.752. The number of carbonyl (C=O) groups is 3. The van der Waals surface area contributed by atoms with Crippen LogP contribution >= 0.6 is 0 Å². The maximum Gasteiger partial charge on any atom is 0.276 e. The molecule has 322 valence electrons. The van der Waals surface area contributed by atoms with Gasteiger partial charge in [0.25, 0.3) is 11.8 Å². The van der Waals surface area contributed by atoms with Gasteiger partial charge in [0.15, 0.2) is 11.3 Å². The minimum absolute atomic E-state index is 0.0986. The van der Waals surface area contributed by atoms with Gasteiger partial charge >= 0.3 is 0 Å². The van der Waals surface area contributed by atoms with E-state index in [-0.39, 0.29) is 66.5 Å². The molecule has 1 saturated heterocycles. The van der Waals surface area contributed by atoms with Crippen LogP contribution in [0.25, 0.3) is 16.9 Å².